The minimum absolute atomic E-state index is 0.243. The Morgan fingerprint density at radius 1 is 1.57 bits per heavy atom. The van der Waals surface area contributed by atoms with E-state index in [2.05, 4.69) is 14.9 Å². The summed E-state index contributed by atoms with van der Waals surface area (Å²) in [5.41, 5.74) is 5.57. The maximum absolute atomic E-state index is 5.57. The number of rotatable bonds is 1. The van der Waals surface area contributed by atoms with Crippen LogP contribution in [0.3, 0.4) is 0 Å². The fourth-order valence-corrected chi connectivity index (χ4v) is 1.55. The smallest absolute Gasteiger partial charge is 0.149 e. The predicted molar refractivity (Wildman–Crippen MR) is 54.1 cm³/mol. The van der Waals surface area contributed by atoms with Crippen LogP contribution in [0.1, 0.15) is 6.92 Å². The van der Waals surface area contributed by atoms with Crippen molar-refractivity contribution >= 4 is 11.6 Å². The first-order valence-electron chi connectivity index (χ1n) is 4.70. The molecule has 76 valence electrons. The lowest BCUT2D eigenvalue weighted by Crippen LogP contribution is -2.41. The molecule has 2 rings (SSSR count). The third kappa shape index (κ3) is 1.93. The molecule has 1 saturated heterocycles. The van der Waals surface area contributed by atoms with Gasteiger partial charge in [0.1, 0.15) is 11.6 Å². The van der Waals surface area contributed by atoms with Gasteiger partial charge >= 0.3 is 0 Å². The van der Waals surface area contributed by atoms with Crippen molar-refractivity contribution in [2.24, 2.45) is 0 Å². The quantitative estimate of drug-likeness (QED) is 0.695. The lowest BCUT2D eigenvalue weighted by Gasteiger charge is -2.31. The molecular weight excluding hydrogens is 180 g/mol. The Hall–Kier alpha value is -1.36. The molecule has 0 aliphatic carbocycles. The first-order valence-corrected chi connectivity index (χ1v) is 4.70. The predicted octanol–water partition coefficient (Wildman–Crippen LogP) is 0.284. The molecule has 0 aromatic carbocycles. The fraction of sp³-hybridized carbons (Fsp3) is 0.556. The third-order valence-corrected chi connectivity index (χ3v) is 2.21. The SMILES string of the molecule is CC1CN(c2cncc(N)n2)CCO1. The third-order valence-electron chi connectivity index (χ3n) is 2.21. The molecule has 1 atom stereocenters. The van der Waals surface area contributed by atoms with Gasteiger partial charge in [-0.15, -0.1) is 0 Å². The summed E-state index contributed by atoms with van der Waals surface area (Å²) in [6.07, 6.45) is 3.52. The molecule has 0 radical (unpaired) electrons. The van der Waals surface area contributed by atoms with E-state index >= 15 is 0 Å². The Balaban J connectivity index is 2.14. The Morgan fingerprint density at radius 2 is 2.43 bits per heavy atom. The van der Waals surface area contributed by atoms with Gasteiger partial charge in [-0.05, 0) is 6.92 Å². The van der Waals surface area contributed by atoms with Crippen molar-refractivity contribution in [2.45, 2.75) is 13.0 Å². The van der Waals surface area contributed by atoms with E-state index in [-0.39, 0.29) is 6.10 Å². The highest BCUT2D eigenvalue weighted by atomic mass is 16.5. The highest BCUT2D eigenvalue weighted by molar-refractivity contribution is 5.41. The summed E-state index contributed by atoms with van der Waals surface area (Å²) in [4.78, 5) is 10.4. The second kappa shape index (κ2) is 3.79. The number of morpholine rings is 1. The van der Waals surface area contributed by atoms with Crippen molar-refractivity contribution in [3.8, 4) is 0 Å². The van der Waals surface area contributed by atoms with E-state index in [9.17, 15) is 0 Å². The van der Waals surface area contributed by atoms with Crippen LogP contribution in [0, 0.1) is 0 Å². The molecule has 0 amide bonds. The summed E-state index contributed by atoms with van der Waals surface area (Å²) >= 11 is 0. The minimum atomic E-state index is 0.243. The van der Waals surface area contributed by atoms with Gasteiger partial charge in [-0.2, -0.15) is 0 Å². The molecule has 1 aliphatic rings. The van der Waals surface area contributed by atoms with Gasteiger partial charge in [0.15, 0.2) is 0 Å². The summed E-state index contributed by atoms with van der Waals surface area (Å²) in [6.45, 7) is 4.48. The van der Waals surface area contributed by atoms with Gasteiger partial charge in [0, 0.05) is 13.1 Å². The van der Waals surface area contributed by atoms with Crippen LogP contribution in [0.25, 0.3) is 0 Å². The van der Waals surface area contributed by atoms with Gasteiger partial charge in [0.05, 0.1) is 25.1 Å². The van der Waals surface area contributed by atoms with E-state index in [4.69, 9.17) is 10.5 Å². The zero-order valence-electron chi connectivity index (χ0n) is 8.18. The number of anilines is 2. The Kier molecular flexibility index (Phi) is 2.49. The number of nitrogens with zero attached hydrogens (tertiary/aromatic N) is 3. The first kappa shape index (κ1) is 9.21. The van der Waals surface area contributed by atoms with Crippen molar-refractivity contribution in [1.29, 1.82) is 0 Å². The summed E-state index contributed by atoms with van der Waals surface area (Å²) < 4.78 is 5.44. The van der Waals surface area contributed by atoms with E-state index in [1.807, 2.05) is 6.92 Å². The average Bonchev–Trinajstić information content (AvgIpc) is 2.18. The normalized spacial score (nSPS) is 22.4. The van der Waals surface area contributed by atoms with Crippen LogP contribution < -0.4 is 10.6 Å². The number of nitrogens with two attached hydrogens (primary N) is 1. The summed E-state index contributed by atoms with van der Waals surface area (Å²) in [5, 5.41) is 0. The number of hydrogen-bond acceptors (Lipinski definition) is 5. The number of ether oxygens (including phenoxy) is 1. The van der Waals surface area contributed by atoms with E-state index in [1.54, 1.807) is 12.4 Å². The molecule has 2 heterocycles. The molecule has 0 spiro atoms. The molecule has 1 aliphatic heterocycles. The van der Waals surface area contributed by atoms with Crippen molar-refractivity contribution < 1.29 is 4.74 Å². The maximum Gasteiger partial charge on any atom is 0.149 e. The fourth-order valence-electron chi connectivity index (χ4n) is 1.55. The number of aromatic nitrogens is 2. The molecule has 0 bridgehead atoms. The monoisotopic (exact) mass is 194 g/mol. The van der Waals surface area contributed by atoms with Crippen LogP contribution in [0.4, 0.5) is 11.6 Å². The highest BCUT2D eigenvalue weighted by Crippen LogP contribution is 2.14. The average molecular weight is 194 g/mol. The minimum Gasteiger partial charge on any atom is -0.382 e. The maximum atomic E-state index is 5.57. The van der Waals surface area contributed by atoms with Crippen LogP contribution in [0.2, 0.25) is 0 Å². The van der Waals surface area contributed by atoms with Crippen molar-refractivity contribution in [3.05, 3.63) is 12.4 Å². The summed E-state index contributed by atoms with van der Waals surface area (Å²) in [7, 11) is 0. The van der Waals surface area contributed by atoms with E-state index in [0.29, 0.717) is 5.82 Å². The van der Waals surface area contributed by atoms with Gasteiger partial charge in [-0.1, -0.05) is 0 Å². The summed E-state index contributed by atoms with van der Waals surface area (Å²) in [6, 6.07) is 0. The first-order chi connectivity index (χ1) is 6.75. The second-order valence-corrected chi connectivity index (χ2v) is 3.43. The summed E-state index contributed by atoms with van der Waals surface area (Å²) in [5.74, 6) is 1.29. The van der Waals surface area contributed by atoms with Crippen molar-refractivity contribution in [3.63, 3.8) is 0 Å². The van der Waals surface area contributed by atoms with Crippen molar-refractivity contribution in [2.75, 3.05) is 30.3 Å². The van der Waals surface area contributed by atoms with Crippen LogP contribution in [0.15, 0.2) is 12.4 Å². The Morgan fingerprint density at radius 3 is 3.14 bits per heavy atom. The molecular formula is C9H14N4O. The van der Waals surface area contributed by atoms with E-state index < -0.39 is 0 Å². The van der Waals surface area contributed by atoms with Gasteiger partial charge < -0.3 is 15.4 Å². The van der Waals surface area contributed by atoms with E-state index in [1.165, 1.54) is 0 Å². The lowest BCUT2D eigenvalue weighted by atomic mass is 10.3. The van der Waals surface area contributed by atoms with Gasteiger partial charge in [0.2, 0.25) is 0 Å². The Bertz CT molecular complexity index is 317. The zero-order valence-corrected chi connectivity index (χ0v) is 8.18. The van der Waals surface area contributed by atoms with Crippen LogP contribution >= 0.6 is 0 Å². The standard InChI is InChI=1S/C9H14N4O/c1-7-6-13(2-3-14-7)9-5-11-4-8(10)12-9/h4-5,7H,2-3,6H2,1H3,(H2,10,12). The van der Waals surface area contributed by atoms with Crippen LogP contribution in [-0.4, -0.2) is 35.8 Å². The number of nitrogen functional groups attached to an aromatic ring is 1. The largest absolute Gasteiger partial charge is 0.382 e. The molecule has 2 N–H and O–H groups in total. The molecule has 0 saturated carbocycles. The zero-order chi connectivity index (χ0) is 9.97. The van der Waals surface area contributed by atoms with Crippen LogP contribution in [0.5, 0.6) is 0 Å². The second-order valence-electron chi connectivity index (χ2n) is 3.43. The molecule has 5 nitrogen and oxygen atoms in total. The van der Waals surface area contributed by atoms with Gasteiger partial charge in [-0.3, -0.25) is 4.98 Å². The number of hydrogen-bond donors (Lipinski definition) is 1. The topological polar surface area (TPSA) is 64.3 Å². The highest BCUT2D eigenvalue weighted by Gasteiger charge is 2.17. The van der Waals surface area contributed by atoms with Crippen LogP contribution in [-0.2, 0) is 4.74 Å². The van der Waals surface area contributed by atoms with Gasteiger partial charge in [0.25, 0.3) is 0 Å². The molecule has 14 heavy (non-hydrogen) atoms. The van der Waals surface area contributed by atoms with E-state index in [0.717, 1.165) is 25.5 Å². The molecule has 1 fully saturated rings. The molecule has 5 heteroatoms. The van der Waals surface area contributed by atoms with Gasteiger partial charge in [-0.25, -0.2) is 4.98 Å². The molecule has 1 unspecified atom stereocenters. The lowest BCUT2D eigenvalue weighted by molar-refractivity contribution is 0.0529. The molecule has 1 aromatic rings. The Labute approximate surface area is 82.9 Å². The molecule has 1 aromatic heterocycles. The van der Waals surface area contributed by atoms with Crippen molar-refractivity contribution in [1.82, 2.24) is 9.97 Å².